The first-order valence-corrected chi connectivity index (χ1v) is 12.3. The van der Waals surface area contributed by atoms with Crippen LogP contribution in [0.25, 0.3) is 11.1 Å². The van der Waals surface area contributed by atoms with E-state index in [0.29, 0.717) is 6.08 Å². The Kier molecular flexibility index (Phi) is 8.80. The minimum Gasteiger partial charge on any atom is -0.337 e. The molecule has 0 unspecified atom stereocenters. The van der Waals surface area contributed by atoms with E-state index in [1.54, 1.807) is 7.05 Å². The third-order valence-corrected chi connectivity index (χ3v) is 5.84. The van der Waals surface area contributed by atoms with Crippen molar-refractivity contribution < 1.29 is 45.2 Å². The highest BCUT2D eigenvalue weighted by molar-refractivity contribution is 6.32. The van der Waals surface area contributed by atoms with E-state index < -0.39 is 47.0 Å². The largest absolute Gasteiger partial charge is 0.493 e. The molecule has 44 heavy (non-hydrogen) atoms. The van der Waals surface area contributed by atoms with Crippen molar-refractivity contribution in [2.24, 2.45) is 7.05 Å². The molecule has 0 fully saturated rings. The molecule has 2 heterocycles. The summed E-state index contributed by atoms with van der Waals surface area (Å²) in [7, 11) is 1.58. The molecule has 2 N–H and O–H groups in total. The number of nitrogens with one attached hydrogen (secondary N) is 2. The quantitative estimate of drug-likeness (QED) is 0.130. The lowest BCUT2D eigenvalue weighted by atomic mass is 10.1. The van der Waals surface area contributed by atoms with Gasteiger partial charge in [0, 0.05) is 25.0 Å². The van der Waals surface area contributed by atoms with Gasteiger partial charge in [0.25, 0.3) is 5.91 Å². The summed E-state index contributed by atoms with van der Waals surface area (Å²) in [5.41, 5.74) is -1.48. The monoisotopic (exact) mass is 643 g/mol. The topological polar surface area (TPSA) is 114 Å². The molecule has 0 bridgehead atoms. The van der Waals surface area contributed by atoms with E-state index in [2.05, 4.69) is 37.1 Å². The zero-order chi connectivity index (χ0) is 32.4. The molecule has 0 spiro atoms. The molecule has 230 valence electrons. The van der Waals surface area contributed by atoms with Crippen LogP contribution in [0.4, 0.5) is 59.6 Å². The normalized spacial score (nSPS) is 11.6. The Morgan fingerprint density at radius 3 is 2.30 bits per heavy atom. The van der Waals surface area contributed by atoms with E-state index in [1.807, 2.05) is 0 Å². The molecule has 2 aromatic heterocycles. The number of nitrogens with zero attached hydrogens (tertiary/aromatic N) is 5. The van der Waals surface area contributed by atoms with E-state index in [9.17, 15) is 40.3 Å². The highest BCUT2D eigenvalue weighted by Gasteiger charge is 2.43. The van der Waals surface area contributed by atoms with Crippen molar-refractivity contribution in [2.45, 2.75) is 12.4 Å². The van der Waals surface area contributed by atoms with E-state index in [1.165, 1.54) is 17.1 Å². The second-order valence-electron chi connectivity index (χ2n) is 8.67. The summed E-state index contributed by atoms with van der Waals surface area (Å²) in [6.07, 6.45) is -6.86. The molecule has 0 aliphatic heterocycles. The second-order valence-corrected chi connectivity index (χ2v) is 9.02. The number of carbonyl (C=O) groups excluding carboxylic acids is 2. The standard InChI is InChI=1S/C26H17ClF7N7O3/c1-3-20(42)41(44-23(43)26(32,33)34)15-8-9-17(28)18(10-15)36-22-16(13-4-6-14(7-5-13)25(29,30)31)11-35-24(38-22)37-19-12-40(2)39-21(19)27/h3-12H,1H2,2H3,(H2,35,36,37,38). The first-order valence-electron chi connectivity index (χ1n) is 11.9. The van der Waals surface area contributed by atoms with E-state index in [-0.39, 0.29) is 38.8 Å². The summed E-state index contributed by atoms with van der Waals surface area (Å²) in [6, 6.07) is 6.25. The highest BCUT2D eigenvalue weighted by Crippen LogP contribution is 2.35. The van der Waals surface area contributed by atoms with Gasteiger partial charge in [0.05, 0.1) is 22.6 Å². The number of hydrogen-bond donors (Lipinski definition) is 2. The van der Waals surface area contributed by atoms with Crippen LogP contribution in [0.2, 0.25) is 5.15 Å². The fraction of sp³-hybridized carbons (Fsp3) is 0.115. The fourth-order valence-corrected chi connectivity index (χ4v) is 3.77. The van der Waals surface area contributed by atoms with Gasteiger partial charge < -0.3 is 15.5 Å². The summed E-state index contributed by atoms with van der Waals surface area (Å²) >= 11 is 6.06. The maximum atomic E-state index is 15.0. The molecule has 0 aliphatic rings. The Balaban J connectivity index is 1.78. The molecule has 1 amide bonds. The number of amides is 1. The minimum absolute atomic E-state index is 0.0385. The van der Waals surface area contributed by atoms with Crippen LogP contribution in [0.3, 0.4) is 0 Å². The SMILES string of the molecule is C=CC(=O)N(OC(=O)C(F)(F)F)c1ccc(F)c(Nc2nc(Nc3cn(C)nc3Cl)ncc2-c2ccc(C(F)(F)F)cc2)c1. The fourth-order valence-electron chi connectivity index (χ4n) is 3.56. The smallest absolute Gasteiger partial charge is 0.337 e. The van der Waals surface area contributed by atoms with Crippen LogP contribution in [0.5, 0.6) is 0 Å². The third kappa shape index (κ3) is 7.23. The van der Waals surface area contributed by atoms with Crippen molar-refractivity contribution >= 4 is 52.3 Å². The third-order valence-electron chi connectivity index (χ3n) is 5.56. The second kappa shape index (κ2) is 12.2. The summed E-state index contributed by atoms with van der Waals surface area (Å²) < 4.78 is 94.2. The first-order chi connectivity index (χ1) is 20.6. The molecule has 0 atom stereocenters. The van der Waals surface area contributed by atoms with Gasteiger partial charge in [0.1, 0.15) is 11.6 Å². The number of benzene rings is 2. The number of hydroxylamine groups is 1. The Labute approximate surface area is 247 Å². The summed E-state index contributed by atoms with van der Waals surface area (Å²) in [4.78, 5) is 36.2. The number of hydrogen-bond acceptors (Lipinski definition) is 8. The van der Waals surface area contributed by atoms with Crippen molar-refractivity contribution in [3.8, 4) is 11.1 Å². The lowest BCUT2D eigenvalue weighted by Gasteiger charge is -2.21. The van der Waals surface area contributed by atoms with Crippen molar-refractivity contribution in [2.75, 3.05) is 15.7 Å². The van der Waals surface area contributed by atoms with Crippen molar-refractivity contribution in [1.82, 2.24) is 19.7 Å². The van der Waals surface area contributed by atoms with Gasteiger partial charge in [0.15, 0.2) is 5.15 Å². The van der Waals surface area contributed by atoms with Crippen LogP contribution < -0.4 is 15.7 Å². The van der Waals surface area contributed by atoms with E-state index in [4.69, 9.17) is 11.6 Å². The molecule has 0 saturated heterocycles. The van der Waals surface area contributed by atoms with Gasteiger partial charge in [-0.3, -0.25) is 9.48 Å². The van der Waals surface area contributed by atoms with Gasteiger partial charge in [-0.25, -0.2) is 14.2 Å². The Morgan fingerprint density at radius 2 is 1.73 bits per heavy atom. The number of aryl methyl sites for hydroxylation is 1. The summed E-state index contributed by atoms with van der Waals surface area (Å²) in [5, 5.41) is 9.31. The lowest BCUT2D eigenvalue weighted by molar-refractivity contribution is -0.201. The van der Waals surface area contributed by atoms with Gasteiger partial charge in [-0.2, -0.15) is 36.4 Å². The molecule has 18 heteroatoms. The molecule has 4 rings (SSSR count). The predicted molar refractivity (Wildman–Crippen MR) is 143 cm³/mol. The van der Waals surface area contributed by atoms with Crippen LogP contribution in [0.1, 0.15) is 5.56 Å². The molecular formula is C26H17ClF7N7O3. The minimum atomic E-state index is -5.47. The predicted octanol–water partition coefficient (Wildman–Crippen LogP) is 6.72. The Hall–Kier alpha value is -5.19. The van der Waals surface area contributed by atoms with E-state index in [0.717, 1.165) is 42.5 Å². The van der Waals surface area contributed by atoms with Gasteiger partial charge in [-0.1, -0.05) is 30.3 Å². The number of aromatic nitrogens is 4. The molecular weight excluding hydrogens is 627 g/mol. The average molecular weight is 644 g/mol. The highest BCUT2D eigenvalue weighted by atomic mass is 35.5. The summed E-state index contributed by atoms with van der Waals surface area (Å²) in [6.45, 7) is 3.14. The Morgan fingerprint density at radius 1 is 1.05 bits per heavy atom. The van der Waals surface area contributed by atoms with Crippen LogP contribution >= 0.6 is 11.6 Å². The Bertz CT molecular complexity index is 1720. The van der Waals surface area contributed by atoms with Crippen LogP contribution in [-0.4, -0.2) is 37.8 Å². The van der Waals surface area contributed by atoms with Crippen LogP contribution in [-0.2, 0) is 27.7 Å². The number of halogens is 8. The van der Waals surface area contributed by atoms with E-state index >= 15 is 0 Å². The molecule has 4 aromatic rings. The van der Waals surface area contributed by atoms with Crippen molar-refractivity contribution in [1.29, 1.82) is 0 Å². The zero-order valence-electron chi connectivity index (χ0n) is 22.0. The number of anilines is 5. The van der Waals surface area contributed by atoms with Crippen LogP contribution in [0.15, 0.2) is 67.5 Å². The average Bonchev–Trinajstić information content (AvgIpc) is 3.27. The zero-order valence-corrected chi connectivity index (χ0v) is 22.7. The van der Waals surface area contributed by atoms with Crippen LogP contribution in [0, 0.1) is 5.82 Å². The van der Waals surface area contributed by atoms with Gasteiger partial charge in [0.2, 0.25) is 5.95 Å². The van der Waals surface area contributed by atoms with Gasteiger partial charge in [-0.05, 0) is 42.0 Å². The maximum Gasteiger partial charge on any atom is 0.493 e. The molecule has 10 nitrogen and oxygen atoms in total. The molecule has 0 saturated carbocycles. The number of rotatable bonds is 7. The van der Waals surface area contributed by atoms with Crippen molar-refractivity contribution in [3.63, 3.8) is 0 Å². The first kappa shape index (κ1) is 31.7. The molecule has 0 radical (unpaired) electrons. The van der Waals surface area contributed by atoms with Gasteiger partial charge >= 0.3 is 18.3 Å². The lowest BCUT2D eigenvalue weighted by Crippen LogP contribution is -2.38. The summed E-state index contributed by atoms with van der Waals surface area (Å²) in [5.74, 6) is -5.38. The van der Waals surface area contributed by atoms with Crippen molar-refractivity contribution in [3.05, 3.63) is 84.0 Å². The van der Waals surface area contributed by atoms with Gasteiger partial charge in [-0.15, -0.1) is 5.06 Å². The molecule has 2 aromatic carbocycles. The maximum absolute atomic E-state index is 15.0. The number of alkyl halides is 6. The molecule has 0 aliphatic carbocycles. The number of carbonyl (C=O) groups is 2.